The lowest BCUT2D eigenvalue weighted by Crippen LogP contribution is -2.29. The number of rotatable bonds is 8. The summed E-state index contributed by atoms with van der Waals surface area (Å²) < 4.78 is 13.8. The van der Waals surface area contributed by atoms with Crippen LogP contribution in [0.15, 0.2) is 288 Å². The van der Waals surface area contributed by atoms with Gasteiger partial charge >= 0.3 is 0 Å². The maximum atomic E-state index is 6.89. The Kier molecular flexibility index (Phi) is 10.6. The molecule has 6 nitrogen and oxygen atoms in total. The van der Waals surface area contributed by atoms with Crippen molar-refractivity contribution in [3.63, 3.8) is 0 Å². The van der Waals surface area contributed by atoms with Crippen LogP contribution in [0.5, 0.6) is 0 Å². The van der Waals surface area contributed by atoms with Gasteiger partial charge in [-0.05, 0) is 141 Å². The van der Waals surface area contributed by atoms with E-state index in [9.17, 15) is 0 Å². The standard InChI is InChI=1S/C82H54N4O2/c1-3-17-51(18-4-1)53-33-39-61(40-34-53)83(73-29-15-25-65-63-23-9-13-31-77(63)87-81(65)73)71-43-37-57-45-59-50-76-60(49-75(59)85-69-27-11-7-21-55(69)47-67(71)79(57)85)46-58-38-44-72(68-48-56-22-8-12-28-70(56)86(76)80(58)68)84(62-41-35-54(36-42-62)52-19-5-2-6-20-52)74-30-16-26-66-64-24-10-14-32-78(64)88-82(66)74/h1-44,49-50H,45-48H2. The van der Waals surface area contributed by atoms with Crippen molar-refractivity contribution in [1.29, 1.82) is 0 Å². The Hall–Kier alpha value is -11.3. The molecule has 4 aliphatic heterocycles. The summed E-state index contributed by atoms with van der Waals surface area (Å²) in [7, 11) is 0. The third-order valence-corrected chi connectivity index (χ3v) is 19.0. The van der Waals surface area contributed by atoms with Crippen LogP contribution in [0.25, 0.3) is 66.1 Å². The molecule has 13 aromatic carbocycles. The highest BCUT2D eigenvalue weighted by atomic mass is 16.3. The van der Waals surface area contributed by atoms with Gasteiger partial charge < -0.3 is 28.4 Å². The van der Waals surface area contributed by atoms with Crippen LogP contribution in [-0.4, -0.2) is 0 Å². The SMILES string of the molecule is c1ccc(-c2ccc(N(c3ccc4c5c3Cc3ccccc3N5c3cc5c(cc3C4)N3c4ccccc4Cc4c(N(c6ccc(-c7ccccc7)cc6)c6cccc7c6oc6ccccc67)ccc(c43)C5)c3cccc4c3oc3ccccc34)cc2)cc1. The first-order chi connectivity index (χ1) is 43.6. The Labute approximate surface area is 509 Å². The van der Waals surface area contributed by atoms with Gasteiger partial charge in [0, 0.05) is 81.1 Å². The minimum atomic E-state index is 0.780. The van der Waals surface area contributed by atoms with Crippen molar-refractivity contribution in [1.82, 2.24) is 0 Å². The van der Waals surface area contributed by atoms with Crippen molar-refractivity contribution in [2.45, 2.75) is 25.7 Å². The summed E-state index contributed by atoms with van der Waals surface area (Å²) >= 11 is 0. The fourth-order valence-electron chi connectivity index (χ4n) is 15.1. The van der Waals surface area contributed by atoms with E-state index in [2.05, 4.69) is 299 Å². The fourth-order valence-corrected chi connectivity index (χ4v) is 15.1. The van der Waals surface area contributed by atoms with Gasteiger partial charge in [0.2, 0.25) is 0 Å². The summed E-state index contributed by atoms with van der Waals surface area (Å²) in [5, 5.41) is 4.43. The van der Waals surface area contributed by atoms with Gasteiger partial charge in [-0.25, -0.2) is 0 Å². The molecule has 2 aromatic heterocycles. The quantitative estimate of drug-likeness (QED) is 0.151. The zero-order valence-electron chi connectivity index (χ0n) is 48.0. The Morgan fingerprint density at radius 1 is 0.261 bits per heavy atom. The van der Waals surface area contributed by atoms with E-state index in [0.717, 1.165) is 104 Å². The van der Waals surface area contributed by atoms with Crippen molar-refractivity contribution in [3.05, 3.63) is 324 Å². The molecule has 414 valence electrons. The summed E-state index contributed by atoms with van der Waals surface area (Å²) in [4.78, 5) is 10.1. The number of nitrogens with zero attached hydrogens (tertiary/aromatic N) is 4. The molecule has 19 rings (SSSR count). The third kappa shape index (κ3) is 7.36. The summed E-state index contributed by atoms with van der Waals surface area (Å²) in [5.74, 6) is 0. The van der Waals surface area contributed by atoms with Crippen molar-refractivity contribution in [2.75, 3.05) is 19.6 Å². The van der Waals surface area contributed by atoms with Gasteiger partial charge in [-0.1, -0.05) is 194 Å². The molecule has 0 saturated carbocycles. The number of hydrogen-bond donors (Lipinski definition) is 0. The second-order valence-corrected chi connectivity index (χ2v) is 23.9. The maximum Gasteiger partial charge on any atom is 0.159 e. The summed E-state index contributed by atoms with van der Waals surface area (Å²) in [6, 6.07) is 102. The summed E-state index contributed by atoms with van der Waals surface area (Å²) in [6.07, 6.45) is 3.14. The second kappa shape index (κ2) is 19.1. The van der Waals surface area contributed by atoms with Crippen LogP contribution < -0.4 is 19.6 Å². The minimum absolute atomic E-state index is 0.780. The minimum Gasteiger partial charge on any atom is -0.454 e. The molecule has 6 heterocycles. The first-order valence-corrected chi connectivity index (χ1v) is 30.6. The van der Waals surface area contributed by atoms with E-state index < -0.39 is 0 Å². The third-order valence-electron chi connectivity index (χ3n) is 19.0. The molecular formula is C82H54N4O2. The predicted molar refractivity (Wildman–Crippen MR) is 362 cm³/mol. The van der Waals surface area contributed by atoms with Crippen molar-refractivity contribution >= 4 is 112 Å². The smallest absolute Gasteiger partial charge is 0.159 e. The van der Waals surface area contributed by atoms with Crippen LogP contribution in [-0.2, 0) is 25.7 Å². The highest BCUT2D eigenvalue weighted by Crippen LogP contribution is 2.60. The summed E-state index contributed by atoms with van der Waals surface area (Å²) in [6.45, 7) is 0. The Morgan fingerprint density at radius 3 is 1.10 bits per heavy atom. The van der Waals surface area contributed by atoms with Gasteiger partial charge in [0.05, 0.1) is 45.5 Å². The van der Waals surface area contributed by atoms with Crippen molar-refractivity contribution in [2.24, 2.45) is 0 Å². The molecule has 88 heavy (non-hydrogen) atoms. The summed E-state index contributed by atoms with van der Waals surface area (Å²) in [5.41, 5.74) is 32.6. The maximum absolute atomic E-state index is 6.89. The monoisotopic (exact) mass is 1130 g/mol. The molecule has 0 fully saturated rings. The first kappa shape index (κ1) is 49.0. The molecule has 15 aromatic rings. The number of furan rings is 2. The van der Waals surface area contributed by atoms with E-state index in [1.807, 2.05) is 0 Å². The Bertz CT molecular complexity index is 5020. The van der Waals surface area contributed by atoms with Crippen molar-refractivity contribution < 1.29 is 8.83 Å². The van der Waals surface area contributed by atoms with E-state index >= 15 is 0 Å². The number of hydrogen-bond acceptors (Lipinski definition) is 6. The van der Waals surface area contributed by atoms with E-state index in [1.165, 1.54) is 101 Å². The second-order valence-electron chi connectivity index (χ2n) is 23.9. The lowest BCUT2D eigenvalue weighted by atomic mass is 9.81. The molecule has 0 amide bonds. The highest BCUT2D eigenvalue weighted by Gasteiger charge is 2.40. The van der Waals surface area contributed by atoms with Gasteiger partial charge in [0.1, 0.15) is 11.2 Å². The average Bonchev–Trinajstić information content (AvgIpc) is 0.910. The first-order valence-electron chi connectivity index (χ1n) is 30.6. The van der Waals surface area contributed by atoms with Crippen LogP contribution in [0, 0.1) is 0 Å². The van der Waals surface area contributed by atoms with Crippen molar-refractivity contribution in [3.8, 4) is 22.3 Å². The van der Waals surface area contributed by atoms with Crippen LogP contribution in [0.2, 0.25) is 0 Å². The van der Waals surface area contributed by atoms with E-state index in [-0.39, 0.29) is 0 Å². The number of anilines is 12. The van der Waals surface area contributed by atoms with Crippen LogP contribution in [0.3, 0.4) is 0 Å². The molecule has 0 radical (unpaired) electrons. The molecule has 0 unspecified atom stereocenters. The van der Waals surface area contributed by atoms with Crippen LogP contribution in [0.4, 0.5) is 68.2 Å². The Balaban J connectivity index is 0.778. The van der Waals surface area contributed by atoms with Gasteiger partial charge in [-0.15, -0.1) is 0 Å². The molecule has 0 atom stereocenters. The molecular weight excluding hydrogens is 1070 g/mol. The normalized spacial score (nSPS) is 13.2. The number of benzene rings is 13. The highest BCUT2D eigenvalue weighted by molar-refractivity contribution is 6.12. The lowest BCUT2D eigenvalue weighted by Gasteiger charge is -2.44. The largest absolute Gasteiger partial charge is 0.454 e. The van der Waals surface area contributed by atoms with Gasteiger partial charge in [0.15, 0.2) is 11.2 Å². The van der Waals surface area contributed by atoms with E-state index in [1.54, 1.807) is 0 Å². The molecule has 0 bridgehead atoms. The lowest BCUT2D eigenvalue weighted by molar-refractivity contribution is 0.668. The molecule has 0 spiro atoms. The fraction of sp³-hybridized carbons (Fsp3) is 0.0488. The molecule has 0 saturated heterocycles. The number of para-hydroxylation sites is 6. The van der Waals surface area contributed by atoms with Crippen LogP contribution in [0.1, 0.15) is 44.5 Å². The molecule has 6 heteroatoms. The van der Waals surface area contributed by atoms with Crippen LogP contribution >= 0.6 is 0 Å². The Morgan fingerprint density at radius 2 is 0.648 bits per heavy atom. The van der Waals surface area contributed by atoms with E-state index in [4.69, 9.17) is 8.83 Å². The molecule has 0 aliphatic carbocycles. The number of fused-ring (bicyclic) bond motifs is 14. The topological polar surface area (TPSA) is 39.2 Å². The van der Waals surface area contributed by atoms with E-state index in [0.29, 0.717) is 0 Å². The zero-order chi connectivity index (χ0) is 57.6. The average molecular weight is 1130 g/mol. The van der Waals surface area contributed by atoms with Gasteiger partial charge in [-0.3, -0.25) is 0 Å². The zero-order valence-corrected chi connectivity index (χ0v) is 48.0. The van der Waals surface area contributed by atoms with Gasteiger partial charge in [0.25, 0.3) is 0 Å². The van der Waals surface area contributed by atoms with Gasteiger partial charge in [-0.2, -0.15) is 0 Å². The predicted octanol–water partition coefficient (Wildman–Crippen LogP) is 22.3. The molecule has 0 N–H and O–H groups in total. The molecule has 4 aliphatic rings.